The molecule has 0 bridgehead atoms. The number of nitrogens with one attached hydrogen (secondary N) is 2. The van der Waals surface area contributed by atoms with Gasteiger partial charge in [-0.2, -0.15) is 0 Å². The second-order valence-electron chi connectivity index (χ2n) is 8.51. The van der Waals surface area contributed by atoms with Gasteiger partial charge in [-0.05, 0) is 36.2 Å². The predicted molar refractivity (Wildman–Crippen MR) is 132 cm³/mol. The molecule has 160 valence electrons. The zero-order valence-corrected chi connectivity index (χ0v) is 20.4. The lowest BCUT2D eigenvalue weighted by molar-refractivity contribution is 0.104. The Morgan fingerprint density at radius 1 is 1.21 bits per heavy atom. The highest BCUT2D eigenvalue weighted by Gasteiger charge is 2.37. The molecule has 1 aliphatic carbocycles. The van der Waals surface area contributed by atoms with Crippen LogP contribution in [-0.4, -0.2) is 35.6 Å². The highest BCUT2D eigenvalue weighted by Crippen LogP contribution is 2.45. The third kappa shape index (κ3) is 7.01. The van der Waals surface area contributed by atoms with Gasteiger partial charge < -0.3 is 15.2 Å². The van der Waals surface area contributed by atoms with Crippen LogP contribution in [0.2, 0.25) is 0 Å². The maximum absolute atomic E-state index is 4.54. The lowest BCUT2D eigenvalue weighted by atomic mass is 9.64. The Morgan fingerprint density at radius 3 is 2.59 bits per heavy atom. The van der Waals surface area contributed by atoms with Gasteiger partial charge in [0.1, 0.15) is 5.82 Å². The van der Waals surface area contributed by atoms with Crippen LogP contribution >= 0.6 is 24.0 Å². The molecule has 1 fully saturated rings. The van der Waals surface area contributed by atoms with Gasteiger partial charge in [0.2, 0.25) is 0 Å². The average molecular weight is 509 g/mol. The van der Waals surface area contributed by atoms with Gasteiger partial charge in [-0.1, -0.05) is 50.6 Å². The molecule has 0 unspecified atom stereocenters. The van der Waals surface area contributed by atoms with Crippen LogP contribution in [0.15, 0.2) is 47.7 Å². The molecular weight excluding hydrogens is 473 g/mol. The number of aromatic nitrogens is 2. The summed E-state index contributed by atoms with van der Waals surface area (Å²) in [6.45, 7) is 7.35. The molecular formula is C23H36IN5. The van der Waals surface area contributed by atoms with Gasteiger partial charge in [0, 0.05) is 45.5 Å². The largest absolute Gasteiger partial charge is 0.356 e. The Kier molecular flexibility index (Phi) is 9.46. The van der Waals surface area contributed by atoms with Crippen molar-refractivity contribution in [1.82, 2.24) is 20.2 Å². The Bertz CT molecular complexity index is 750. The predicted octanol–water partition coefficient (Wildman–Crippen LogP) is 4.47. The second kappa shape index (κ2) is 11.6. The molecule has 5 nitrogen and oxygen atoms in total. The Morgan fingerprint density at radius 2 is 1.97 bits per heavy atom. The van der Waals surface area contributed by atoms with Gasteiger partial charge >= 0.3 is 0 Å². The summed E-state index contributed by atoms with van der Waals surface area (Å²) in [5.41, 5.74) is 1.76. The SMILES string of the molecule is CN=C(NCCc1nccn1Cc1ccccc1)NCC1(CC(C)C)CCC1.I. The molecule has 1 heterocycles. The fourth-order valence-corrected chi connectivity index (χ4v) is 4.27. The fourth-order valence-electron chi connectivity index (χ4n) is 4.27. The van der Waals surface area contributed by atoms with Gasteiger partial charge in [-0.15, -0.1) is 24.0 Å². The normalized spacial score (nSPS) is 15.5. The molecule has 1 aromatic heterocycles. The molecule has 0 amide bonds. The van der Waals surface area contributed by atoms with Gasteiger partial charge in [0.15, 0.2) is 5.96 Å². The molecule has 2 aromatic rings. The first-order chi connectivity index (χ1) is 13.6. The monoisotopic (exact) mass is 509 g/mol. The molecule has 1 aromatic carbocycles. The molecule has 3 rings (SSSR count). The van der Waals surface area contributed by atoms with E-state index in [1.54, 1.807) is 0 Å². The molecule has 6 heteroatoms. The lowest BCUT2D eigenvalue weighted by Crippen LogP contribution is -2.47. The van der Waals surface area contributed by atoms with Crippen molar-refractivity contribution >= 4 is 29.9 Å². The van der Waals surface area contributed by atoms with Crippen LogP contribution in [0.5, 0.6) is 0 Å². The summed E-state index contributed by atoms with van der Waals surface area (Å²) >= 11 is 0. The van der Waals surface area contributed by atoms with Gasteiger partial charge in [0.05, 0.1) is 0 Å². The molecule has 0 atom stereocenters. The lowest BCUT2D eigenvalue weighted by Gasteiger charge is -2.43. The van der Waals surface area contributed by atoms with Crippen LogP contribution < -0.4 is 10.6 Å². The summed E-state index contributed by atoms with van der Waals surface area (Å²) in [6, 6.07) is 10.5. The number of rotatable bonds is 9. The first kappa shape index (κ1) is 23.7. The standard InChI is InChI=1S/C23H35N5.HI/c1-19(2)16-23(11-7-12-23)18-27-22(24-3)26-13-10-21-25-14-15-28(21)17-20-8-5-4-6-9-20;/h4-6,8-9,14-15,19H,7,10-13,16-18H2,1-3H3,(H2,24,26,27);1H. The fraction of sp³-hybridized carbons (Fsp3) is 0.565. The van der Waals surface area contributed by atoms with Crippen molar-refractivity contribution in [2.75, 3.05) is 20.1 Å². The van der Waals surface area contributed by atoms with Gasteiger partial charge in [-0.3, -0.25) is 4.99 Å². The summed E-state index contributed by atoms with van der Waals surface area (Å²) in [6.07, 6.45) is 10.2. The molecule has 1 aliphatic rings. The number of hydrogen-bond donors (Lipinski definition) is 2. The molecule has 1 saturated carbocycles. The number of aliphatic imine (C=N–C) groups is 1. The molecule has 0 spiro atoms. The first-order valence-electron chi connectivity index (χ1n) is 10.6. The highest BCUT2D eigenvalue weighted by atomic mass is 127. The van der Waals surface area contributed by atoms with E-state index in [2.05, 4.69) is 75.6 Å². The van der Waals surface area contributed by atoms with Crippen LogP contribution in [0.4, 0.5) is 0 Å². The summed E-state index contributed by atoms with van der Waals surface area (Å²) in [5, 5.41) is 7.02. The summed E-state index contributed by atoms with van der Waals surface area (Å²) in [5.74, 6) is 2.75. The highest BCUT2D eigenvalue weighted by molar-refractivity contribution is 14.0. The summed E-state index contributed by atoms with van der Waals surface area (Å²) in [7, 11) is 1.85. The third-order valence-corrected chi connectivity index (χ3v) is 5.75. The summed E-state index contributed by atoms with van der Waals surface area (Å²) in [4.78, 5) is 8.94. The van der Waals surface area contributed by atoms with Crippen LogP contribution in [0, 0.1) is 11.3 Å². The van der Waals surface area contributed by atoms with Crippen molar-refractivity contribution in [2.24, 2.45) is 16.3 Å². The quantitative estimate of drug-likeness (QED) is 0.298. The maximum Gasteiger partial charge on any atom is 0.191 e. The van der Waals surface area contributed by atoms with Crippen molar-refractivity contribution in [2.45, 2.75) is 52.5 Å². The minimum Gasteiger partial charge on any atom is -0.356 e. The van der Waals surface area contributed by atoms with Crippen molar-refractivity contribution in [3.63, 3.8) is 0 Å². The van der Waals surface area contributed by atoms with E-state index in [0.29, 0.717) is 5.41 Å². The zero-order chi connectivity index (χ0) is 19.8. The smallest absolute Gasteiger partial charge is 0.191 e. The second-order valence-corrected chi connectivity index (χ2v) is 8.51. The first-order valence-corrected chi connectivity index (χ1v) is 10.6. The Balaban J connectivity index is 0.00000300. The van der Waals surface area contributed by atoms with Crippen LogP contribution in [-0.2, 0) is 13.0 Å². The maximum atomic E-state index is 4.54. The van der Waals surface area contributed by atoms with E-state index in [-0.39, 0.29) is 24.0 Å². The Hall–Kier alpha value is -1.57. The van der Waals surface area contributed by atoms with Crippen molar-refractivity contribution in [1.29, 1.82) is 0 Å². The van der Waals surface area contributed by atoms with E-state index < -0.39 is 0 Å². The van der Waals surface area contributed by atoms with Crippen molar-refractivity contribution in [3.8, 4) is 0 Å². The number of guanidine groups is 1. The van der Waals surface area contributed by atoms with E-state index in [1.807, 2.05) is 13.2 Å². The Labute approximate surface area is 192 Å². The van der Waals surface area contributed by atoms with Crippen LogP contribution in [0.1, 0.15) is 50.9 Å². The minimum atomic E-state index is 0. The number of benzene rings is 1. The van der Waals surface area contributed by atoms with Crippen molar-refractivity contribution < 1.29 is 0 Å². The third-order valence-electron chi connectivity index (χ3n) is 5.75. The van der Waals surface area contributed by atoms with E-state index >= 15 is 0 Å². The molecule has 0 saturated heterocycles. The van der Waals surface area contributed by atoms with Gasteiger partial charge in [-0.25, -0.2) is 4.98 Å². The van der Waals surface area contributed by atoms with E-state index in [9.17, 15) is 0 Å². The average Bonchev–Trinajstić information content (AvgIpc) is 3.09. The van der Waals surface area contributed by atoms with Gasteiger partial charge in [0.25, 0.3) is 0 Å². The van der Waals surface area contributed by atoms with Crippen LogP contribution in [0.3, 0.4) is 0 Å². The molecule has 0 aliphatic heterocycles. The van der Waals surface area contributed by atoms with Crippen LogP contribution in [0.25, 0.3) is 0 Å². The molecule has 2 N–H and O–H groups in total. The zero-order valence-electron chi connectivity index (χ0n) is 18.0. The van der Waals surface area contributed by atoms with E-state index in [4.69, 9.17) is 0 Å². The molecule has 29 heavy (non-hydrogen) atoms. The number of hydrogen-bond acceptors (Lipinski definition) is 2. The van der Waals surface area contributed by atoms with Crippen molar-refractivity contribution in [3.05, 3.63) is 54.1 Å². The number of halogens is 1. The van der Waals surface area contributed by atoms with E-state index in [1.165, 1.54) is 31.2 Å². The summed E-state index contributed by atoms with van der Waals surface area (Å²) < 4.78 is 2.22. The topological polar surface area (TPSA) is 54.2 Å². The van der Waals surface area contributed by atoms with E-state index in [0.717, 1.165) is 43.8 Å². The number of nitrogens with zero attached hydrogens (tertiary/aromatic N) is 3. The molecule has 0 radical (unpaired) electrons. The number of imidazole rings is 1. The minimum absolute atomic E-state index is 0.